The van der Waals surface area contributed by atoms with E-state index < -0.39 is 5.97 Å². The summed E-state index contributed by atoms with van der Waals surface area (Å²) in [6.45, 7) is 1.25. The second-order valence-corrected chi connectivity index (χ2v) is 8.00. The number of rotatable bonds is 5. The van der Waals surface area contributed by atoms with E-state index in [0.29, 0.717) is 24.4 Å². The van der Waals surface area contributed by atoms with E-state index in [2.05, 4.69) is 0 Å². The van der Waals surface area contributed by atoms with Crippen LogP contribution in [0.15, 0.2) is 59.5 Å². The van der Waals surface area contributed by atoms with E-state index in [-0.39, 0.29) is 23.3 Å². The van der Waals surface area contributed by atoms with Crippen LogP contribution in [0.4, 0.5) is 0 Å². The molecule has 1 fully saturated rings. The average molecular weight is 404 g/mol. The Kier molecular flexibility index (Phi) is 5.40. The number of hydrogen-bond acceptors (Lipinski definition) is 3. The molecule has 0 spiro atoms. The summed E-state index contributed by atoms with van der Waals surface area (Å²) < 4.78 is 1.83. The molecule has 1 aliphatic heterocycles. The van der Waals surface area contributed by atoms with E-state index in [1.165, 1.54) is 0 Å². The van der Waals surface area contributed by atoms with Gasteiger partial charge in [0.2, 0.25) is 5.43 Å². The third-order valence-electron chi connectivity index (χ3n) is 5.80. The van der Waals surface area contributed by atoms with Crippen LogP contribution in [0.5, 0.6) is 0 Å². The minimum absolute atomic E-state index is 0.0205. The maximum atomic E-state index is 13.1. The van der Waals surface area contributed by atoms with Crippen molar-refractivity contribution in [3.05, 3.63) is 81.6 Å². The summed E-state index contributed by atoms with van der Waals surface area (Å²) in [7, 11) is 1.85. The first kappa shape index (κ1) is 19.9. The van der Waals surface area contributed by atoms with E-state index in [1.807, 2.05) is 54.1 Å². The quantitative estimate of drug-likeness (QED) is 0.709. The van der Waals surface area contributed by atoms with E-state index in [1.54, 1.807) is 17.2 Å². The molecule has 0 aliphatic carbocycles. The van der Waals surface area contributed by atoms with Crippen molar-refractivity contribution in [2.75, 3.05) is 13.1 Å². The molecular formula is C24H24N2O4. The molecule has 6 nitrogen and oxygen atoms in total. The molecule has 1 aliphatic rings. The number of amides is 1. The fourth-order valence-corrected chi connectivity index (χ4v) is 4.25. The minimum atomic E-state index is -0.840. The highest BCUT2D eigenvalue weighted by Crippen LogP contribution is 2.23. The van der Waals surface area contributed by atoms with Crippen molar-refractivity contribution in [3.63, 3.8) is 0 Å². The standard InChI is InChI=1S/C24H24N2O4/c1-25-15-20(23(29)19-4-2-3-5-21(19)25)24(30)26-11-10-18(14-26)12-16-6-8-17(9-7-16)13-22(27)28/h2-9,15,18H,10-14H2,1H3,(H,27,28). The number of fused-ring (bicyclic) bond motifs is 1. The monoisotopic (exact) mass is 404 g/mol. The number of likely N-dealkylation sites (tertiary alicyclic amines) is 1. The number of carboxylic acid groups (broad SMARTS) is 1. The van der Waals surface area contributed by atoms with Crippen LogP contribution in [0.3, 0.4) is 0 Å². The Bertz CT molecular complexity index is 1160. The topological polar surface area (TPSA) is 79.6 Å². The molecule has 1 N–H and O–H groups in total. The highest BCUT2D eigenvalue weighted by atomic mass is 16.4. The summed E-state index contributed by atoms with van der Waals surface area (Å²) in [5.74, 6) is -0.725. The maximum Gasteiger partial charge on any atom is 0.307 e. The normalized spacial score (nSPS) is 16.2. The molecule has 0 radical (unpaired) electrons. The smallest absolute Gasteiger partial charge is 0.307 e. The lowest BCUT2D eigenvalue weighted by Gasteiger charge is -2.17. The van der Waals surface area contributed by atoms with Gasteiger partial charge < -0.3 is 14.6 Å². The van der Waals surface area contributed by atoms with Gasteiger partial charge in [0.05, 0.1) is 11.9 Å². The van der Waals surface area contributed by atoms with E-state index in [9.17, 15) is 14.4 Å². The minimum Gasteiger partial charge on any atom is -0.481 e. The Morgan fingerprint density at radius 1 is 1.07 bits per heavy atom. The Labute approximate surface area is 174 Å². The SMILES string of the molecule is Cn1cc(C(=O)N2CCC(Cc3ccc(CC(=O)O)cc3)C2)c(=O)c2ccccc21. The first-order valence-electron chi connectivity index (χ1n) is 10.1. The number of carbonyl (C=O) groups excluding carboxylic acids is 1. The molecule has 1 atom stereocenters. The van der Waals surface area contributed by atoms with Crippen molar-refractivity contribution in [2.24, 2.45) is 13.0 Å². The van der Waals surface area contributed by atoms with Gasteiger partial charge in [-0.05, 0) is 42.0 Å². The van der Waals surface area contributed by atoms with Gasteiger partial charge in [0.15, 0.2) is 0 Å². The predicted octanol–water partition coefficient (Wildman–Crippen LogP) is 2.87. The van der Waals surface area contributed by atoms with Crippen molar-refractivity contribution in [3.8, 4) is 0 Å². The van der Waals surface area contributed by atoms with Crippen LogP contribution in [0, 0.1) is 5.92 Å². The molecule has 2 heterocycles. The third-order valence-corrected chi connectivity index (χ3v) is 5.80. The highest BCUT2D eigenvalue weighted by Gasteiger charge is 2.29. The summed E-state index contributed by atoms with van der Waals surface area (Å²) in [6.07, 6.45) is 3.37. The molecule has 1 unspecified atom stereocenters. The number of pyridine rings is 1. The molecule has 1 saturated heterocycles. The summed E-state index contributed by atoms with van der Waals surface area (Å²) >= 11 is 0. The molecule has 0 saturated carbocycles. The van der Waals surface area contributed by atoms with Crippen LogP contribution in [-0.4, -0.2) is 39.5 Å². The van der Waals surface area contributed by atoms with Gasteiger partial charge in [0, 0.05) is 31.7 Å². The van der Waals surface area contributed by atoms with Gasteiger partial charge in [-0.15, -0.1) is 0 Å². The fourth-order valence-electron chi connectivity index (χ4n) is 4.25. The number of carboxylic acids is 1. The zero-order valence-electron chi connectivity index (χ0n) is 16.9. The lowest BCUT2D eigenvalue weighted by atomic mass is 9.97. The average Bonchev–Trinajstić information content (AvgIpc) is 3.20. The Morgan fingerprint density at radius 2 is 1.77 bits per heavy atom. The molecule has 154 valence electrons. The van der Waals surface area contributed by atoms with Crippen molar-refractivity contribution >= 4 is 22.8 Å². The number of benzene rings is 2. The lowest BCUT2D eigenvalue weighted by molar-refractivity contribution is -0.136. The van der Waals surface area contributed by atoms with Crippen LogP contribution in [-0.2, 0) is 24.7 Å². The first-order valence-corrected chi connectivity index (χ1v) is 10.1. The number of aryl methyl sites for hydroxylation is 1. The summed E-state index contributed by atoms with van der Waals surface area (Å²) in [5.41, 5.74) is 2.72. The van der Waals surface area contributed by atoms with E-state index in [4.69, 9.17) is 5.11 Å². The van der Waals surface area contributed by atoms with Gasteiger partial charge in [0.25, 0.3) is 5.91 Å². The van der Waals surface area contributed by atoms with Gasteiger partial charge in [-0.2, -0.15) is 0 Å². The van der Waals surface area contributed by atoms with Gasteiger partial charge in [0.1, 0.15) is 5.56 Å². The van der Waals surface area contributed by atoms with Gasteiger partial charge in [-0.25, -0.2) is 0 Å². The molecule has 6 heteroatoms. The van der Waals surface area contributed by atoms with Crippen molar-refractivity contribution in [1.29, 1.82) is 0 Å². The Balaban J connectivity index is 1.46. The number of nitrogens with zero attached hydrogens (tertiary/aromatic N) is 2. The molecule has 2 aromatic carbocycles. The second kappa shape index (κ2) is 8.14. The maximum absolute atomic E-state index is 13.1. The Morgan fingerprint density at radius 3 is 2.50 bits per heavy atom. The first-order chi connectivity index (χ1) is 14.4. The summed E-state index contributed by atoms with van der Waals surface area (Å²) in [6, 6.07) is 14.9. The van der Waals surface area contributed by atoms with E-state index >= 15 is 0 Å². The fraction of sp³-hybridized carbons (Fsp3) is 0.292. The molecule has 1 aromatic heterocycles. The summed E-state index contributed by atoms with van der Waals surface area (Å²) in [4.78, 5) is 38.5. The Hall–Kier alpha value is -3.41. The lowest BCUT2D eigenvalue weighted by Crippen LogP contribution is -2.33. The molecule has 30 heavy (non-hydrogen) atoms. The van der Waals surface area contributed by atoms with Crippen molar-refractivity contribution in [1.82, 2.24) is 9.47 Å². The van der Waals surface area contributed by atoms with Crippen LogP contribution >= 0.6 is 0 Å². The zero-order chi connectivity index (χ0) is 21.3. The van der Waals surface area contributed by atoms with Crippen LogP contribution in [0.2, 0.25) is 0 Å². The van der Waals surface area contributed by atoms with Gasteiger partial charge in [-0.1, -0.05) is 36.4 Å². The second-order valence-electron chi connectivity index (χ2n) is 8.00. The number of hydrogen-bond donors (Lipinski definition) is 1. The van der Waals surface area contributed by atoms with Crippen LogP contribution < -0.4 is 5.43 Å². The van der Waals surface area contributed by atoms with Gasteiger partial charge >= 0.3 is 5.97 Å². The van der Waals surface area contributed by atoms with Crippen molar-refractivity contribution in [2.45, 2.75) is 19.3 Å². The predicted molar refractivity (Wildman–Crippen MR) is 115 cm³/mol. The van der Waals surface area contributed by atoms with Crippen LogP contribution in [0.25, 0.3) is 10.9 Å². The van der Waals surface area contributed by atoms with E-state index in [0.717, 1.165) is 29.5 Å². The molecule has 4 rings (SSSR count). The number of carbonyl (C=O) groups is 2. The zero-order valence-corrected chi connectivity index (χ0v) is 16.9. The molecular weight excluding hydrogens is 380 g/mol. The summed E-state index contributed by atoms with van der Waals surface area (Å²) in [5, 5.41) is 9.43. The number of para-hydroxylation sites is 1. The largest absolute Gasteiger partial charge is 0.481 e. The van der Waals surface area contributed by atoms with Gasteiger partial charge in [-0.3, -0.25) is 14.4 Å². The number of aromatic nitrogens is 1. The number of aliphatic carboxylic acids is 1. The van der Waals surface area contributed by atoms with Crippen molar-refractivity contribution < 1.29 is 14.7 Å². The molecule has 3 aromatic rings. The van der Waals surface area contributed by atoms with Crippen LogP contribution in [0.1, 0.15) is 27.9 Å². The third kappa shape index (κ3) is 3.99. The molecule has 0 bridgehead atoms. The highest BCUT2D eigenvalue weighted by molar-refractivity contribution is 5.97. The molecule has 1 amide bonds.